The fourth-order valence-corrected chi connectivity index (χ4v) is 2.08. The van der Waals surface area contributed by atoms with E-state index in [9.17, 15) is 9.59 Å². The molecule has 0 aliphatic heterocycles. The molecule has 0 aliphatic rings. The number of para-hydroxylation sites is 2. The third kappa shape index (κ3) is 4.81. The quantitative estimate of drug-likeness (QED) is 0.820. The summed E-state index contributed by atoms with van der Waals surface area (Å²) < 4.78 is 0. The van der Waals surface area contributed by atoms with E-state index in [4.69, 9.17) is 0 Å². The van der Waals surface area contributed by atoms with Gasteiger partial charge in [0.1, 0.15) is 0 Å². The van der Waals surface area contributed by atoms with Crippen LogP contribution in [0.2, 0.25) is 0 Å². The molecule has 0 atom stereocenters. The summed E-state index contributed by atoms with van der Waals surface area (Å²) in [7, 11) is 3.75. The van der Waals surface area contributed by atoms with Crippen LogP contribution in [0.25, 0.3) is 0 Å². The summed E-state index contributed by atoms with van der Waals surface area (Å²) in [5.74, 6) is -1.34. The van der Waals surface area contributed by atoms with Crippen molar-refractivity contribution in [2.75, 3.05) is 30.9 Å². The Bertz CT molecular complexity index is 671. The van der Waals surface area contributed by atoms with Crippen LogP contribution in [0.3, 0.4) is 0 Å². The molecule has 0 saturated heterocycles. The van der Waals surface area contributed by atoms with Crippen LogP contribution in [0.15, 0.2) is 48.7 Å². The molecule has 120 valence electrons. The van der Waals surface area contributed by atoms with Crippen molar-refractivity contribution in [3.63, 3.8) is 0 Å². The molecule has 0 saturated carbocycles. The van der Waals surface area contributed by atoms with E-state index in [2.05, 4.69) is 15.6 Å². The molecule has 0 spiro atoms. The van der Waals surface area contributed by atoms with Crippen molar-refractivity contribution in [2.24, 2.45) is 0 Å². The summed E-state index contributed by atoms with van der Waals surface area (Å²) >= 11 is 0. The number of amides is 2. The van der Waals surface area contributed by atoms with Gasteiger partial charge in [-0.1, -0.05) is 18.2 Å². The Labute approximate surface area is 135 Å². The van der Waals surface area contributed by atoms with Crippen LogP contribution >= 0.6 is 0 Å². The Morgan fingerprint density at radius 2 is 1.78 bits per heavy atom. The second-order valence-corrected chi connectivity index (χ2v) is 5.19. The Balaban J connectivity index is 1.87. The largest absolute Gasteiger partial charge is 0.376 e. The number of hydrogen-bond donors (Lipinski definition) is 2. The van der Waals surface area contributed by atoms with Gasteiger partial charge in [-0.3, -0.25) is 14.6 Å². The molecular formula is C17H20N4O2. The minimum atomic E-state index is -0.680. The predicted octanol–water partition coefficient (Wildman–Crippen LogP) is 1.44. The van der Waals surface area contributed by atoms with E-state index in [0.717, 1.165) is 11.4 Å². The number of anilines is 2. The zero-order chi connectivity index (χ0) is 16.7. The topological polar surface area (TPSA) is 74.3 Å². The van der Waals surface area contributed by atoms with E-state index in [1.54, 1.807) is 12.3 Å². The van der Waals surface area contributed by atoms with Crippen molar-refractivity contribution < 1.29 is 9.59 Å². The number of aromatic nitrogens is 1. The minimum absolute atomic E-state index is 0.360. The van der Waals surface area contributed by atoms with Crippen LogP contribution in [0.4, 0.5) is 11.4 Å². The van der Waals surface area contributed by atoms with E-state index < -0.39 is 11.8 Å². The summed E-state index contributed by atoms with van der Waals surface area (Å²) in [5.41, 5.74) is 2.30. The zero-order valence-electron chi connectivity index (χ0n) is 13.2. The Morgan fingerprint density at radius 1 is 1.04 bits per heavy atom. The first-order valence-electron chi connectivity index (χ1n) is 7.33. The van der Waals surface area contributed by atoms with Crippen LogP contribution < -0.4 is 15.5 Å². The molecular weight excluding hydrogens is 292 g/mol. The molecule has 1 aromatic carbocycles. The zero-order valence-corrected chi connectivity index (χ0v) is 13.2. The van der Waals surface area contributed by atoms with Crippen molar-refractivity contribution in [1.29, 1.82) is 0 Å². The van der Waals surface area contributed by atoms with Crippen molar-refractivity contribution >= 4 is 23.2 Å². The SMILES string of the molecule is CN(C)c1ccccc1NC(=O)C(=O)NCCc1ccccn1. The molecule has 2 N–H and O–H groups in total. The van der Waals surface area contributed by atoms with Gasteiger partial charge in [-0.05, 0) is 24.3 Å². The number of hydrogen-bond acceptors (Lipinski definition) is 4. The Morgan fingerprint density at radius 3 is 2.48 bits per heavy atom. The smallest absolute Gasteiger partial charge is 0.313 e. The van der Waals surface area contributed by atoms with Gasteiger partial charge in [0.05, 0.1) is 11.4 Å². The number of carbonyl (C=O) groups is 2. The van der Waals surface area contributed by atoms with Crippen LogP contribution in [0.5, 0.6) is 0 Å². The third-order valence-corrected chi connectivity index (χ3v) is 3.23. The maximum Gasteiger partial charge on any atom is 0.313 e. The number of nitrogens with zero attached hydrogens (tertiary/aromatic N) is 2. The van der Waals surface area contributed by atoms with Crippen molar-refractivity contribution in [3.8, 4) is 0 Å². The van der Waals surface area contributed by atoms with Gasteiger partial charge in [0.2, 0.25) is 0 Å². The molecule has 0 unspecified atom stereocenters. The summed E-state index contributed by atoms with van der Waals surface area (Å²) in [4.78, 5) is 29.9. The number of carbonyl (C=O) groups excluding carboxylic acids is 2. The number of rotatable bonds is 5. The molecule has 0 radical (unpaired) electrons. The number of pyridine rings is 1. The first-order valence-corrected chi connectivity index (χ1v) is 7.33. The normalized spacial score (nSPS) is 10.0. The summed E-state index contributed by atoms with van der Waals surface area (Å²) in [6, 6.07) is 12.9. The molecule has 6 nitrogen and oxygen atoms in total. The van der Waals surface area contributed by atoms with Crippen LogP contribution in [-0.4, -0.2) is 37.4 Å². The second kappa shape index (κ2) is 7.93. The highest BCUT2D eigenvalue weighted by atomic mass is 16.2. The summed E-state index contributed by atoms with van der Waals surface area (Å²) in [5, 5.41) is 5.23. The Kier molecular flexibility index (Phi) is 5.68. The lowest BCUT2D eigenvalue weighted by Gasteiger charge is -2.17. The van der Waals surface area contributed by atoms with E-state index >= 15 is 0 Å². The molecule has 2 aromatic rings. The minimum Gasteiger partial charge on any atom is -0.376 e. The van der Waals surface area contributed by atoms with Crippen molar-refractivity contribution in [3.05, 3.63) is 54.4 Å². The highest BCUT2D eigenvalue weighted by Crippen LogP contribution is 2.23. The third-order valence-electron chi connectivity index (χ3n) is 3.23. The average Bonchev–Trinajstić information content (AvgIpc) is 2.56. The van der Waals surface area contributed by atoms with Crippen LogP contribution in [-0.2, 0) is 16.0 Å². The molecule has 2 amide bonds. The van der Waals surface area contributed by atoms with Crippen molar-refractivity contribution in [1.82, 2.24) is 10.3 Å². The summed E-state index contributed by atoms with van der Waals surface area (Å²) in [6.07, 6.45) is 2.27. The van der Waals surface area contributed by atoms with Crippen molar-refractivity contribution in [2.45, 2.75) is 6.42 Å². The molecule has 6 heteroatoms. The lowest BCUT2D eigenvalue weighted by molar-refractivity contribution is -0.136. The average molecular weight is 312 g/mol. The Hall–Kier alpha value is -2.89. The maximum absolute atomic E-state index is 12.0. The molecule has 1 heterocycles. The van der Waals surface area contributed by atoms with Gasteiger partial charge >= 0.3 is 11.8 Å². The van der Waals surface area contributed by atoms with Crippen LogP contribution in [0, 0.1) is 0 Å². The van der Waals surface area contributed by atoms with E-state index in [-0.39, 0.29) is 0 Å². The summed E-state index contributed by atoms with van der Waals surface area (Å²) in [6.45, 7) is 0.360. The number of nitrogens with one attached hydrogen (secondary N) is 2. The van der Waals surface area contributed by atoms with Gasteiger partial charge in [0, 0.05) is 39.0 Å². The second-order valence-electron chi connectivity index (χ2n) is 5.19. The lowest BCUT2D eigenvalue weighted by Crippen LogP contribution is -2.36. The highest BCUT2D eigenvalue weighted by molar-refractivity contribution is 6.39. The monoisotopic (exact) mass is 312 g/mol. The molecule has 23 heavy (non-hydrogen) atoms. The highest BCUT2D eigenvalue weighted by Gasteiger charge is 2.15. The fraction of sp³-hybridized carbons (Fsp3) is 0.235. The first-order chi connectivity index (χ1) is 11.1. The maximum atomic E-state index is 12.0. The van der Waals surface area contributed by atoms with E-state index in [1.807, 2.05) is 55.4 Å². The van der Waals surface area contributed by atoms with Gasteiger partial charge < -0.3 is 15.5 Å². The van der Waals surface area contributed by atoms with Crippen LogP contribution in [0.1, 0.15) is 5.69 Å². The van der Waals surface area contributed by atoms with Gasteiger partial charge in [-0.15, -0.1) is 0 Å². The van der Waals surface area contributed by atoms with Gasteiger partial charge in [-0.25, -0.2) is 0 Å². The van der Waals surface area contributed by atoms with E-state index in [1.165, 1.54) is 0 Å². The molecule has 0 aliphatic carbocycles. The van der Waals surface area contributed by atoms with Gasteiger partial charge in [-0.2, -0.15) is 0 Å². The van der Waals surface area contributed by atoms with Gasteiger partial charge in [0.15, 0.2) is 0 Å². The molecule has 0 fully saturated rings. The molecule has 2 rings (SSSR count). The van der Waals surface area contributed by atoms with E-state index in [0.29, 0.717) is 18.7 Å². The molecule has 0 bridgehead atoms. The fourth-order valence-electron chi connectivity index (χ4n) is 2.08. The predicted molar refractivity (Wildman–Crippen MR) is 90.3 cm³/mol. The lowest BCUT2D eigenvalue weighted by atomic mass is 10.2. The molecule has 1 aromatic heterocycles. The first kappa shape index (κ1) is 16.5. The number of benzene rings is 1. The van der Waals surface area contributed by atoms with Gasteiger partial charge in [0.25, 0.3) is 0 Å². The standard InChI is InChI=1S/C17H20N4O2/c1-21(2)15-9-4-3-8-14(15)20-17(23)16(22)19-12-10-13-7-5-6-11-18-13/h3-9,11H,10,12H2,1-2H3,(H,19,22)(H,20,23).